The molecule has 4 rings (SSSR count). The largest absolute Gasteiger partial charge is 0.343 e. The van der Waals surface area contributed by atoms with Crippen molar-refractivity contribution in [1.29, 1.82) is 0 Å². The number of amides is 2. The molecular formula is C31H29N3O4. The van der Waals surface area contributed by atoms with Crippen LogP contribution >= 0.6 is 0 Å². The van der Waals surface area contributed by atoms with Gasteiger partial charge >= 0.3 is 0 Å². The predicted molar refractivity (Wildman–Crippen MR) is 148 cm³/mol. The molecule has 192 valence electrons. The molecule has 0 fully saturated rings. The van der Waals surface area contributed by atoms with Crippen LogP contribution in [0.2, 0.25) is 0 Å². The first-order valence-electron chi connectivity index (χ1n) is 12.3. The lowest BCUT2D eigenvalue weighted by atomic mass is 9.90. The summed E-state index contributed by atoms with van der Waals surface area (Å²) < 4.78 is 0. The van der Waals surface area contributed by atoms with E-state index in [0.717, 1.165) is 22.3 Å². The summed E-state index contributed by atoms with van der Waals surface area (Å²) in [5.74, 6) is -1.31. The van der Waals surface area contributed by atoms with E-state index in [0.29, 0.717) is 11.3 Å². The van der Waals surface area contributed by atoms with Gasteiger partial charge in [-0.05, 0) is 42.2 Å². The third-order valence-electron chi connectivity index (χ3n) is 6.39. The maximum Gasteiger partial charge on any atom is 0.269 e. The first-order chi connectivity index (χ1) is 18.3. The van der Waals surface area contributed by atoms with E-state index >= 15 is 0 Å². The van der Waals surface area contributed by atoms with Crippen LogP contribution in [-0.4, -0.2) is 22.8 Å². The Morgan fingerprint density at radius 3 is 1.89 bits per heavy atom. The van der Waals surface area contributed by atoms with Crippen molar-refractivity contribution in [3.8, 4) is 0 Å². The monoisotopic (exact) mass is 507 g/mol. The summed E-state index contributed by atoms with van der Waals surface area (Å²) in [5, 5.41) is 17.0. The highest BCUT2D eigenvalue weighted by Gasteiger charge is 2.28. The first kappa shape index (κ1) is 26.3. The number of aryl methyl sites for hydroxylation is 2. The van der Waals surface area contributed by atoms with E-state index in [2.05, 4.69) is 10.6 Å². The van der Waals surface area contributed by atoms with Crippen molar-refractivity contribution >= 4 is 23.2 Å². The zero-order valence-corrected chi connectivity index (χ0v) is 21.3. The smallest absolute Gasteiger partial charge is 0.269 e. The fraction of sp³-hybridized carbons (Fsp3) is 0.161. The molecule has 7 heteroatoms. The number of nitro benzene ring substituents is 1. The molecule has 2 amide bonds. The molecular weight excluding hydrogens is 478 g/mol. The summed E-state index contributed by atoms with van der Waals surface area (Å²) >= 11 is 0. The van der Waals surface area contributed by atoms with E-state index in [9.17, 15) is 19.7 Å². The molecule has 0 saturated carbocycles. The minimum Gasteiger partial charge on any atom is -0.343 e. The van der Waals surface area contributed by atoms with Crippen LogP contribution in [-0.2, 0) is 16.0 Å². The SMILES string of the molecule is Cc1ccc(NC(=O)[C@@H](Cc2ccc([N+](=O)[O-])cc2)NC(=O)C(c2ccccc2)c2ccccc2)c(C)c1. The average Bonchev–Trinajstić information content (AvgIpc) is 2.91. The molecule has 2 N–H and O–H groups in total. The normalized spacial score (nSPS) is 11.6. The number of nitro groups is 1. The van der Waals surface area contributed by atoms with Crippen molar-refractivity contribution in [1.82, 2.24) is 5.32 Å². The second kappa shape index (κ2) is 12.0. The summed E-state index contributed by atoms with van der Waals surface area (Å²) in [5.41, 5.74) is 4.90. The quantitative estimate of drug-likeness (QED) is 0.224. The van der Waals surface area contributed by atoms with Crippen molar-refractivity contribution in [2.75, 3.05) is 5.32 Å². The molecule has 4 aromatic carbocycles. The Hall–Kier alpha value is -4.78. The van der Waals surface area contributed by atoms with Crippen molar-refractivity contribution in [3.63, 3.8) is 0 Å². The number of hydrogen-bond donors (Lipinski definition) is 2. The van der Waals surface area contributed by atoms with Gasteiger partial charge in [-0.3, -0.25) is 19.7 Å². The van der Waals surface area contributed by atoms with Crippen LogP contribution in [0.1, 0.15) is 33.7 Å². The Morgan fingerprint density at radius 2 is 1.37 bits per heavy atom. The predicted octanol–water partition coefficient (Wildman–Crippen LogP) is 5.71. The van der Waals surface area contributed by atoms with Gasteiger partial charge in [0, 0.05) is 24.2 Å². The molecule has 0 saturated heterocycles. The highest BCUT2D eigenvalue weighted by molar-refractivity contribution is 5.99. The number of hydrogen-bond acceptors (Lipinski definition) is 4. The molecule has 0 spiro atoms. The molecule has 0 aliphatic carbocycles. The fourth-order valence-corrected chi connectivity index (χ4v) is 4.41. The van der Waals surface area contributed by atoms with E-state index in [1.807, 2.05) is 92.7 Å². The van der Waals surface area contributed by atoms with Crippen LogP contribution in [0.25, 0.3) is 0 Å². The maximum atomic E-state index is 13.8. The second-order valence-corrected chi connectivity index (χ2v) is 9.25. The molecule has 0 aliphatic heterocycles. The summed E-state index contributed by atoms with van der Waals surface area (Å²) in [6.45, 7) is 3.89. The fourth-order valence-electron chi connectivity index (χ4n) is 4.41. The summed E-state index contributed by atoms with van der Waals surface area (Å²) in [6, 6.07) is 29.6. The lowest BCUT2D eigenvalue weighted by Gasteiger charge is -2.24. The van der Waals surface area contributed by atoms with E-state index in [1.54, 1.807) is 12.1 Å². The number of benzene rings is 4. The minimum atomic E-state index is -0.917. The standard InChI is InChI=1S/C31H29N3O4/c1-21-13-18-27(22(2)19-21)32-30(35)28(20-23-14-16-26(17-15-23)34(37)38)33-31(36)29(24-9-5-3-6-10-24)25-11-7-4-8-12-25/h3-19,28-29H,20H2,1-2H3,(H,32,35)(H,33,36)/t28-/m1/s1. The van der Waals surface area contributed by atoms with E-state index in [4.69, 9.17) is 0 Å². The van der Waals surface area contributed by atoms with E-state index in [1.165, 1.54) is 12.1 Å². The highest BCUT2D eigenvalue weighted by Crippen LogP contribution is 2.25. The molecule has 7 nitrogen and oxygen atoms in total. The number of carbonyl (C=O) groups is 2. The van der Waals surface area contributed by atoms with Crippen molar-refractivity contribution in [2.24, 2.45) is 0 Å². The van der Waals surface area contributed by atoms with Gasteiger partial charge < -0.3 is 10.6 Å². The molecule has 0 heterocycles. The number of rotatable bonds is 9. The van der Waals surface area contributed by atoms with Gasteiger partial charge in [-0.2, -0.15) is 0 Å². The molecule has 0 unspecified atom stereocenters. The highest BCUT2D eigenvalue weighted by atomic mass is 16.6. The van der Waals surface area contributed by atoms with Crippen LogP contribution in [0.3, 0.4) is 0 Å². The third kappa shape index (κ3) is 6.50. The third-order valence-corrected chi connectivity index (χ3v) is 6.39. The maximum absolute atomic E-state index is 13.8. The number of nitrogens with zero attached hydrogens (tertiary/aromatic N) is 1. The Morgan fingerprint density at radius 1 is 0.789 bits per heavy atom. The van der Waals surface area contributed by atoms with E-state index < -0.39 is 16.9 Å². The summed E-state index contributed by atoms with van der Waals surface area (Å²) in [6.07, 6.45) is 0.163. The van der Waals surface area contributed by atoms with Gasteiger partial charge in [0.25, 0.3) is 5.69 Å². The van der Waals surface area contributed by atoms with Crippen LogP contribution < -0.4 is 10.6 Å². The van der Waals surface area contributed by atoms with Gasteiger partial charge in [-0.15, -0.1) is 0 Å². The van der Waals surface area contributed by atoms with Crippen LogP contribution in [0.4, 0.5) is 11.4 Å². The molecule has 38 heavy (non-hydrogen) atoms. The molecule has 0 aromatic heterocycles. The number of carbonyl (C=O) groups excluding carboxylic acids is 2. The van der Waals surface area contributed by atoms with Gasteiger partial charge in [0.2, 0.25) is 11.8 Å². The minimum absolute atomic E-state index is 0.0395. The molecule has 0 bridgehead atoms. The molecule has 4 aromatic rings. The summed E-state index contributed by atoms with van der Waals surface area (Å²) in [4.78, 5) is 37.9. The lowest BCUT2D eigenvalue weighted by molar-refractivity contribution is -0.384. The molecule has 1 atom stereocenters. The van der Waals surface area contributed by atoms with Crippen LogP contribution in [0.15, 0.2) is 103 Å². The molecule has 0 aliphatic rings. The topological polar surface area (TPSA) is 101 Å². The second-order valence-electron chi connectivity index (χ2n) is 9.25. The van der Waals surface area contributed by atoms with Crippen molar-refractivity contribution in [3.05, 3.63) is 141 Å². The van der Waals surface area contributed by atoms with Gasteiger partial charge in [-0.1, -0.05) is 90.5 Å². The van der Waals surface area contributed by atoms with Gasteiger partial charge in [0.15, 0.2) is 0 Å². The van der Waals surface area contributed by atoms with E-state index in [-0.39, 0.29) is 23.9 Å². The first-order valence-corrected chi connectivity index (χ1v) is 12.3. The number of non-ortho nitro benzene ring substituents is 1. The Balaban J connectivity index is 1.64. The van der Waals surface area contributed by atoms with Gasteiger partial charge in [0.1, 0.15) is 6.04 Å². The van der Waals surface area contributed by atoms with Gasteiger partial charge in [0.05, 0.1) is 10.8 Å². The number of anilines is 1. The zero-order chi connectivity index (χ0) is 27.1. The Bertz CT molecular complexity index is 1380. The molecule has 0 radical (unpaired) electrons. The average molecular weight is 508 g/mol. The van der Waals surface area contributed by atoms with Crippen LogP contribution in [0, 0.1) is 24.0 Å². The number of nitrogens with one attached hydrogen (secondary N) is 2. The van der Waals surface area contributed by atoms with Crippen molar-refractivity contribution in [2.45, 2.75) is 32.2 Å². The Labute approximate surface area is 221 Å². The van der Waals surface area contributed by atoms with Crippen molar-refractivity contribution < 1.29 is 14.5 Å². The summed E-state index contributed by atoms with van der Waals surface area (Å²) in [7, 11) is 0. The van der Waals surface area contributed by atoms with Gasteiger partial charge in [-0.25, -0.2) is 0 Å². The lowest BCUT2D eigenvalue weighted by Crippen LogP contribution is -2.47. The Kier molecular flexibility index (Phi) is 8.28. The zero-order valence-electron chi connectivity index (χ0n) is 21.3. The van der Waals surface area contributed by atoms with Crippen LogP contribution in [0.5, 0.6) is 0 Å².